The zero-order valence-electron chi connectivity index (χ0n) is 11.1. The van der Waals surface area contributed by atoms with Gasteiger partial charge in [-0.25, -0.2) is 0 Å². The number of likely N-dealkylation sites (N-methyl/N-ethyl adjacent to an activating group) is 1. The Bertz CT molecular complexity index is 385. The number of amides is 1. The molecule has 4 nitrogen and oxygen atoms in total. The van der Waals surface area contributed by atoms with Crippen molar-refractivity contribution in [1.82, 2.24) is 4.90 Å². The van der Waals surface area contributed by atoms with Gasteiger partial charge in [0.2, 0.25) is 5.91 Å². The number of hydrogen-bond acceptors (Lipinski definition) is 3. The van der Waals surface area contributed by atoms with E-state index in [2.05, 4.69) is 0 Å². The van der Waals surface area contributed by atoms with Crippen LogP contribution in [0.1, 0.15) is 6.92 Å². The zero-order valence-corrected chi connectivity index (χ0v) is 12.7. The number of hydrogen-bond donors (Lipinski definition) is 1. The maximum atomic E-state index is 11.7. The average molecular weight is 307 g/mol. The molecule has 2 N–H and O–H groups in total. The van der Waals surface area contributed by atoms with Crippen molar-refractivity contribution < 1.29 is 9.53 Å². The fourth-order valence-corrected chi connectivity index (χ4v) is 1.54. The molecule has 1 aromatic rings. The average Bonchev–Trinajstić information content (AvgIpc) is 2.39. The Hall–Kier alpha value is -0.970. The fourth-order valence-electron chi connectivity index (χ4n) is 1.42. The van der Waals surface area contributed by atoms with Gasteiger partial charge in [0.15, 0.2) is 0 Å². The first-order valence-electron chi connectivity index (χ1n) is 5.88. The van der Waals surface area contributed by atoms with Crippen LogP contribution in [0.3, 0.4) is 0 Å². The Morgan fingerprint density at radius 3 is 2.53 bits per heavy atom. The summed E-state index contributed by atoms with van der Waals surface area (Å²) in [5, 5.41) is 0.673. The molecule has 0 aliphatic heterocycles. The SMILES string of the molecule is CC(CN)C(=O)N(C)CCOc1ccc(Cl)cc1.Cl. The van der Waals surface area contributed by atoms with Gasteiger partial charge in [0.1, 0.15) is 12.4 Å². The number of ether oxygens (including phenoxy) is 1. The minimum Gasteiger partial charge on any atom is -0.492 e. The van der Waals surface area contributed by atoms with Gasteiger partial charge in [-0.1, -0.05) is 18.5 Å². The van der Waals surface area contributed by atoms with Crippen LogP contribution in [0.4, 0.5) is 0 Å². The van der Waals surface area contributed by atoms with Gasteiger partial charge in [0.25, 0.3) is 0 Å². The monoisotopic (exact) mass is 306 g/mol. The van der Waals surface area contributed by atoms with Crippen molar-refractivity contribution in [3.05, 3.63) is 29.3 Å². The molecular weight excluding hydrogens is 287 g/mol. The number of carbonyl (C=O) groups excluding carboxylic acids is 1. The van der Waals surface area contributed by atoms with E-state index in [1.165, 1.54) is 0 Å². The summed E-state index contributed by atoms with van der Waals surface area (Å²) in [5.74, 6) is 0.634. The van der Waals surface area contributed by atoms with Gasteiger partial charge in [-0.3, -0.25) is 4.79 Å². The Balaban J connectivity index is 0.00000324. The summed E-state index contributed by atoms with van der Waals surface area (Å²) in [4.78, 5) is 13.4. The predicted octanol–water partition coefficient (Wildman–Crippen LogP) is 2.19. The maximum absolute atomic E-state index is 11.7. The van der Waals surface area contributed by atoms with Crippen LogP contribution in [-0.2, 0) is 4.79 Å². The van der Waals surface area contributed by atoms with Crippen LogP contribution in [0, 0.1) is 5.92 Å². The predicted molar refractivity (Wildman–Crippen MR) is 80.1 cm³/mol. The van der Waals surface area contributed by atoms with E-state index in [0.717, 1.165) is 5.75 Å². The number of nitrogens with two attached hydrogens (primary N) is 1. The highest BCUT2D eigenvalue weighted by Crippen LogP contribution is 2.15. The molecule has 19 heavy (non-hydrogen) atoms. The lowest BCUT2D eigenvalue weighted by Crippen LogP contribution is -2.37. The van der Waals surface area contributed by atoms with Crippen molar-refractivity contribution in [3.8, 4) is 5.75 Å². The molecule has 0 saturated heterocycles. The molecule has 0 aliphatic carbocycles. The van der Waals surface area contributed by atoms with Crippen LogP contribution in [0.15, 0.2) is 24.3 Å². The van der Waals surface area contributed by atoms with E-state index in [0.29, 0.717) is 24.7 Å². The molecule has 1 rings (SSSR count). The summed E-state index contributed by atoms with van der Waals surface area (Å²) in [6, 6.07) is 7.13. The highest BCUT2D eigenvalue weighted by Gasteiger charge is 2.15. The molecule has 0 radical (unpaired) electrons. The third-order valence-corrected chi connectivity index (χ3v) is 2.91. The van der Waals surface area contributed by atoms with Crippen LogP contribution < -0.4 is 10.5 Å². The zero-order chi connectivity index (χ0) is 13.5. The molecule has 0 aliphatic rings. The number of halogens is 2. The minimum absolute atomic E-state index is 0. The third-order valence-electron chi connectivity index (χ3n) is 2.66. The molecule has 0 heterocycles. The topological polar surface area (TPSA) is 55.6 Å². The summed E-state index contributed by atoms with van der Waals surface area (Å²) in [7, 11) is 1.75. The second-order valence-electron chi connectivity index (χ2n) is 4.20. The summed E-state index contributed by atoms with van der Waals surface area (Å²) >= 11 is 5.77. The van der Waals surface area contributed by atoms with Gasteiger partial charge >= 0.3 is 0 Å². The minimum atomic E-state index is -0.148. The number of rotatable bonds is 6. The molecule has 0 bridgehead atoms. The van der Waals surface area contributed by atoms with Crippen molar-refractivity contribution in [1.29, 1.82) is 0 Å². The van der Waals surface area contributed by atoms with Crippen LogP contribution in [0.25, 0.3) is 0 Å². The first-order valence-corrected chi connectivity index (χ1v) is 6.25. The Morgan fingerprint density at radius 2 is 2.00 bits per heavy atom. The molecule has 1 unspecified atom stereocenters. The van der Waals surface area contributed by atoms with Crippen molar-refractivity contribution in [2.45, 2.75) is 6.92 Å². The Labute approximate surface area is 125 Å². The van der Waals surface area contributed by atoms with Crippen molar-refractivity contribution in [2.75, 3.05) is 26.7 Å². The van der Waals surface area contributed by atoms with Gasteiger partial charge in [-0.05, 0) is 24.3 Å². The van der Waals surface area contributed by atoms with Crippen LogP contribution >= 0.6 is 24.0 Å². The number of nitrogens with zero attached hydrogens (tertiary/aromatic N) is 1. The molecule has 0 fully saturated rings. The van der Waals surface area contributed by atoms with Gasteiger partial charge in [-0.2, -0.15) is 0 Å². The summed E-state index contributed by atoms with van der Waals surface area (Å²) in [6.07, 6.45) is 0. The number of carbonyl (C=O) groups is 1. The lowest BCUT2D eigenvalue weighted by Gasteiger charge is -2.20. The van der Waals surface area contributed by atoms with Gasteiger partial charge in [0, 0.05) is 24.5 Å². The van der Waals surface area contributed by atoms with Crippen molar-refractivity contribution >= 4 is 29.9 Å². The Morgan fingerprint density at radius 1 is 1.42 bits per heavy atom. The Kier molecular flexibility index (Phi) is 8.56. The molecular formula is C13H20Cl2N2O2. The van der Waals surface area contributed by atoms with E-state index < -0.39 is 0 Å². The summed E-state index contributed by atoms with van der Waals surface area (Å²) < 4.78 is 5.51. The van der Waals surface area contributed by atoms with Crippen molar-refractivity contribution in [3.63, 3.8) is 0 Å². The molecule has 1 amide bonds. The quantitative estimate of drug-likeness (QED) is 0.876. The normalized spacial score (nSPS) is 11.4. The van der Waals surface area contributed by atoms with E-state index in [9.17, 15) is 4.79 Å². The highest BCUT2D eigenvalue weighted by atomic mass is 35.5. The molecule has 1 atom stereocenters. The van der Waals surface area contributed by atoms with E-state index in [4.69, 9.17) is 22.1 Å². The van der Waals surface area contributed by atoms with Gasteiger partial charge < -0.3 is 15.4 Å². The molecule has 0 spiro atoms. The van der Waals surface area contributed by atoms with Crippen LogP contribution in [0.2, 0.25) is 5.02 Å². The molecule has 6 heteroatoms. The first kappa shape index (κ1) is 18.0. The smallest absolute Gasteiger partial charge is 0.226 e. The van der Waals surface area contributed by atoms with Gasteiger partial charge in [0.05, 0.1) is 6.54 Å². The van der Waals surface area contributed by atoms with Gasteiger partial charge in [-0.15, -0.1) is 12.4 Å². The molecule has 0 aromatic heterocycles. The maximum Gasteiger partial charge on any atom is 0.226 e. The fraction of sp³-hybridized carbons (Fsp3) is 0.462. The highest BCUT2D eigenvalue weighted by molar-refractivity contribution is 6.30. The number of benzene rings is 1. The van der Waals surface area contributed by atoms with Crippen LogP contribution in [0.5, 0.6) is 5.75 Å². The molecule has 1 aromatic carbocycles. The lowest BCUT2D eigenvalue weighted by atomic mass is 10.1. The second-order valence-corrected chi connectivity index (χ2v) is 4.64. The summed E-state index contributed by atoms with van der Waals surface area (Å²) in [6.45, 7) is 3.16. The van der Waals surface area contributed by atoms with E-state index in [1.54, 1.807) is 36.2 Å². The van der Waals surface area contributed by atoms with E-state index in [-0.39, 0.29) is 24.2 Å². The van der Waals surface area contributed by atoms with Crippen molar-refractivity contribution in [2.24, 2.45) is 11.7 Å². The molecule has 108 valence electrons. The first-order chi connectivity index (χ1) is 8.54. The largest absolute Gasteiger partial charge is 0.492 e. The lowest BCUT2D eigenvalue weighted by molar-refractivity contribution is -0.133. The van der Waals surface area contributed by atoms with E-state index in [1.807, 2.05) is 6.92 Å². The second kappa shape index (κ2) is 9.02. The van der Waals surface area contributed by atoms with Crippen LogP contribution in [-0.4, -0.2) is 37.6 Å². The molecule has 0 saturated carbocycles. The summed E-state index contributed by atoms with van der Waals surface area (Å²) in [5.41, 5.74) is 5.45. The third kappa shape index (κ3) is 6.14. The van der Waals surface area contributed by atoms with E-state index >= 15 is 0 Å². The standard InChI is InChI=1S/C13H19ClN2O2.ClH/c1-10(9-15)13(17)16(2)7-8-18-12-5-3-11(14)4-6-12;/h3-6,10H,7-9,15H2,1-2H3;1H.